The third-order valence-electron chi connectivity index (χ3n) is 2.41. The smallest absolute Gasteiger partial charge is 0.0431 e. The van der Waals surface area contributed by atoms with Crippen molar-refractivity contribution in [3.63, 3.8) is 0 Å². The van der Waals surface area contributed by atoms with Crippen molar-refractivity contribution >= 4 is 0 Å². The van der Waals surface area contributed by atoms with E-state index in [-0.39, 0.29) is 0 Å². The maximum absolute atomic E-state index is 8.59. The van der Waals surface area contributed by atoms with Gasteiger partial charge in [0.15, 0.2) is 0 Å². The highest BCUT2D eigenvalue weighted by Crippen LogP contribution is 2.15. The second-order valence-corrected chi connectivity index (χ2v) is 3.82. The highest BCUT2D eigenvalue weighted by Gasteiger charge is 2.00. The first-order valence-corrected chi connectivity index (χ1v) is 5.42. The van der Waals surface area contributed by atoms with Crippen molar-refractivity contribution in [1.29, 1.82) is 0 Å². The van der Waals surface area contributed by atoms with Crippen LogP contribution in [0.4, 0.5) is 0 Å². The van der Waals surface area contributed by atoms with Crippen LogP contribution in [0.2, 0.25) is 0 Å². The van der Waals surface area contributed by atoms with Gasteiger partial charge in [-0.2, -0.15) is 0 Å². The molecule has 0 rings (SSSR count). The van der Waals surface area contributed by atoms with Crippen molar-refractivity contribution in [2.75, 3.05) is 6.61 Å². The molecule has 12 heavy (non-hydrogen) atoms. The van der Waals surface area contributed by atoms with Gasteiger partial charge in [0, 0.05) is 6.61 Å². The van der Waals surface area contributed by atoms with E-state index in [1.807, 2.05) is 0 Å². The van der Waals surface area contributed by atoms with Gasteiger partial charge in [-0.25, -0.2) is 0 Å². The molecule has 1 heteroatoms. The summed E-state index contributed by atoms with van der Waals surface area (Å²) in [5.41, 5.74) is 0. The van der Waals surface area contributed by atoms with Gasteiger partial charge in [0.2, 0.25) is 0 Å². The number of aliphatic hydroxyl groups is 1. The summed E-state index contributed by atoms with van der Waals surface area (Å²) in [5.74, 6) is 0.864. The van der Waals surface area contributed by atoms with Crippen LogP contribution in [0.25, 0.3) is 0 Å². The Labute approximate surface area is 77.2 Å². The molecule has 0 saturated heterocycles. The van der Waals surface area contributed by atoms with Crippen LogP contribution in [-0.4, -0.2) is 11.7 Å². The van der Waals surface area contributed by atoms with Crippen LogP contribution >= 0.6 is 0 Å². The Bertz CT molecular complexity index is 71.1. The van der Waals surface area contributed by atoms with Crippen molar-refractivity contribution in [3.8, 4) is 0 Å². The van der Waals surface area contributed by atoms with Gasteiger partial charge >= 0.3 is 0 Å². The van der Waals surface area contributed by atoms with Gasteiger partial charge < -0.3 is 5.11 Å². The van der Waals surface area contributed by atoms with Crippen LogP contribution in [0.3, 0.4) is 0 Å². The van der Waals surface area contributed by atoms with Gasteiger partial charge in [-0.15, -0.1) is 0 Å². The standard InChI is InChI=1S/C11H24O/c1-3-4-5-8-11(2)9-6-7-10-12/h11-12H,3-10H2,1-2H3/t11-/m1/s1. The van der Waals surface area contributed by atoms with E-state index in [0.29, 0.717) is 6.61 Å². The average molecular weight is 172 g/mol. The summed E-state index contributed by atoms with van der Waals surface area (Å²) in [6.07, 6.45) is 8.94. The average Bonchev–Trinajstić information content (AvgIpc) is 2.06. The zero-order chi connectivity index (χ0) is 9.23. The van der Waals surface area contributed by atoms with Crippen molar-refractivity contribution in [2.24, 2.45) is 5.92 Å². The second-order valence-electron chi connectivity index (χ2n) is 3.82. The van der Waals surface area contributed by atoms with Gasteiger partial charge in [-0.05, 0) is 12.3 Å². The van der Waals surface area contributed by atoms with Crippen molar-refractivity contribution in [1.82, 2.24) is 0 Å². The molecule has 1 N–H and O–H groups in total. The van der Waals surface area contributed by atoms with E-state index in [9.17, 15) is 0 Å². The monoisotopic (exact) mass is 172 g/mol. The minimum Gasteiger partial charge on any atom is -0.396 e. The van der Waals surface area contributed by atoms with Gasteiger partial charge in [0.1, 0.15) is 0 Å². The van der Waals surface area contributed by atoms with Crippen molar-refractivity contribution in [3.05, 3.63) is 0 Å². The summed E-state index contributed by atoms with van der Waals surface area (Å²) in [7, 11) is 0. The molecule has 0 saturated carbocycles. The fourth-order valence-corrected chi connectivity index (χ4v) is 1.49. The summed E-state index contributed by atoms with van der Waals surface area (Å²) in [4.78, 5) is 0. The molecular weight excluding hydrogens is 148 g/mol. The van der Waals surface area contributed by atoms with E-state index in [2.05, 4.69) is 13.8 Å². The topological polar surface area (TPSA) is 20.2 Å². The molecule has 0 radical (unpaired) electrons. The van der Waals surface area contributed by atoms with Crippen LogP contribution < -0.4 is 0 Å². The predicted molar refractivity (Wildman–Crippen MR) is 54.2 cm³/mol. The Kier molecular flexibility index (Phi) is 9.02. The lowest BCUT2D eigenvalue weighted by Crippen LogP contribution is -1.95. The molecule has 0 heterocycles. The molecule has 0 aliphatic heterocycles. The molecule has 0 bridgehead atoms. The van der Waals surface area contributed by atoms with Crippen molar-refractivity contribution < 1.29 is 5.11 Å². The SMILES string of the molecule is CCCCC[C@@H](C)CCCCO. The predicted octanol–water partition coefficient (Wildman–Crippen LogP) is 3.37. The fraction of sp³-hybridized carbons (Fsp3) is 1.00. The minimum atomic E-state index is 0.363. The number of aliphatic hydroxyl groups excluding tert-OH is 1. The van der Waals surface area contributed by atoms with E-state index in [1.54, 1.807) is 0 Å². The fourth-order valence-electron chi connectivity index (χ4n) is 1.49. The van der Waals surface area contributed by atoms with E-state index >= 15 is 0 Å². The van der Waals surface area contributed by atoms with Gasteiger partial charge in [0.05, 0.1) is 0 Å². The van der Waals surface area contributed by atoms with Gasteiger partial charge in [0.25, 0.3) is 0 Å². The number of hydrogen-bond donors (Lipinski definition) is 1. The molecule has 0 aromatic rings. The quantitative estimate of drug-likeness (QED) is 0.557. The van der Waals surface area contributed by atoms with Crippen LogP contribution in [0.5, 0.6) is 0 Å². The zero-order valence-electron chi connectivity index (χ0n) is 8.68. The van der Waals surface area contributed by atoms with Gasteiger partial charge in [-0.1, -0.05) is 52.4 Å². The third-order valence-corrected chi connectivity index (χ3v) is 2.41. The second kappa shape index (κ2) is 9.05. The molecule has 0 unspecified atom stereocenters. The lowest BCUT2D eigenvalue weighted by molar-refractivity contribution is 0.277. The Hall–Kier alpha value is -0.0400. The van der Waals surface area contributed by atoms with Crippen molar-refractivity contribution in [2.45, 2.75) is 58.8 Å². The first-order valence-electron chi connectivity index (χ1n) is 5.42. The molecule has 0 spiro atoms. The molecular formula is C11H24O. The summed E-state index contributed by atoms with van der Waals surface area (Å²) < 4.78 is 0. The largest absolute Gasteiger partial charge is 0.396 e. The first-order chi connectivity index (χ1) is 5.81. The van der Waals surface area contributed by atoms with Crippen LogP contribution in [0, 0.1) is 5.92 Å². The Morgan fingerprint density at radius 2 is 1.58 bits per heavy atom. The summed E-state index contributed by atoms with van der Waals surface area (Å²) in [6, 6.07) is 0. The Balaban J connectivity index is 3.04. The third kappa shape index (κ3) is 8.06. The molecule has 0 aromatic heterocycles. The molecule has 0 aromatic carbocycles. The summed E-state index contributed by atoms with van der Waals surface area (Å²) in [6.45, 7) is 4.94. The minimum absolute atomic E-state index is 0.363. The first kappa shape index (κ1) is 12.0. The molecule has 0 fully saturated rings. The molecule has 1 atom stereocenters. The normalized spacial score (nSPS) is 13.2. The Morgan fingerprint density at radius 1 is 1.00 bits per heavy atom. The maximum Gasteiger partial charge on any atom is 0.0431 e. The van der Waals surface area contributed by atoms with E-state index in [0.717, 1.165) is 12.3 Å². The van der Waals surface area contributed by atoms with Crippen LogP contribution in [-0.2, 0) is 0 Å². The highest BCUT2D eigenvalue weighted by atomic mass is 16.2. The van der Waals surface area contributed by atoms with E-state index < -0.39 is 0 Å². The van der Waals surface area contributed by atoms with Crippen LogP contribution in [0.1, 0.15) is 58.8 Å². The highest BCUT2D eigenvalue weighted by molar-refractivity contribution is 4.53. The van der Waals surface area contributed by atoms with E-state index in [1.165, 1.54) is 38.5 Å². The molecule has 0 aliphatic rings. The number of rotatable bonds is 8. The lowest BCUT2D eigenvalue weighted by Gasteiger charge is -2.09. The van der Waals surface area contributed by atoms with E-state index in [4.69, 9.17) is 5.11 Å². The number of hydrogen-bond acceptors (Lipinski definition) is 1. The molecule has 74 valence electrons. The maximum atomic E-state index is 8.59. The molecule has 0 aliphatic carbocycles. The van der Waals surface area contributed by atoms with Crippen LogP contribution in [0.15, 0.2) is 0 Å². The molecule has 0 amide bonds. The molecule has 1 nitrogen and oxygen atoms in total. The summed E-state index contributed by atoms with van der Waals surface area (Å²) >= 11 is 0. The zero-order valence-corrected chi connectivity index (χ0v) is 8.68. The van der Waals surface area contributed by atoms with Gasteiger partial charge in [-0.3, -0.25) is 0 Å². The lowest BCUT2D eigenvalue weighted by atomic mass is 9.97. The summed E-state index contributed by atoms with van der Waals surface area (Å²) in [5, 5.41) is 8.59. The number of unbranched alkanes of at least 4 members (excludes halogenated alkanes) is 3. The Morgan fingerprint density at radius 3 is 2.08 bits per heavy atom.